The van der Waals surface area contributed by atoms with Gasteiger partial charge in [0.25, 0.3) is 0 Å². The van der Waals surface area contributed by atoms with Crippen LogP contribution in [0.3, 0.4) is 0 Å². The Kier molecular flexibility index (Phi) is 2.10. The number of aromatic nitrogens is 3. The molecule has 0 unspecified atom stereocenters. The maximum atomic E-state index is 12.6. The topological polar surface area (TPSA) is 30.7 Å². The molecule has 0 aliphatic carbocycles. The van der Waals surface area contributed by atoms with Gasteiger partial charge in [-0.1, -0.05) is 0 Å². The van der Waals surface area contributed by atoms with Crippen LogP contribution in [-0.2, 0) is 0 Å². The summed E-state index contributed by atoms with van der Waals surface area (Å²) in [7, 11) is 0. The summed E-state index contributed by atoms with van der Waals surface area (Å²) in [6, 6.07) is 3.57. The minimum Gasteiger partial charge on any atom is -0.236 e. The molecule has 0 radical (unpaired) electrons. The van der Waals surface area contributed by atoms with Crippen molar-refractivity contribution in [2.45, 2.75) is 0 Å². The van der Waals surface area contributed by atoms with E-state index in [1.54, 1.807) is 12.3 Å². The molecule has 5 heteroatoms. The first-order valence-electron chi connectivity index (χ1n) is 3.58. The molecule has 0 saturated carbocycles. The standard InChI is InChI=1S/C8H5BrFN3/c9-6-1-2-8(11-3-6)13-5-7(10)4-12-13/h1-5H. The van der Waals surface area contributed by atoms with Gasteiger partial charge in [0.15, 0.2) is 11.6 Å². The number of halogens is 2. The van der Waals surface area contributed by atoms with Crippen LogP contribution in [0.25, 0.3) is 5.82 Å². The van der Waals surface area contributed by atoms with Gasteiger partial charge in [-0.2, -0.15) is 5.10 Å². The second kappa shape index (κ2) is 3.26. The van der Waals surface area contributed by atoms with Crippen LogP contribution in [0.4, 0.5) is 4.39 Å². The molecule has 0 fully saturated rings. The molecule has 3 nitrogen and oxygen atoms in total. The van der Waals surface area contributed by atoms with Crippen molar-refractivity contribution in [3.05, 3.63) is 41.0 Å². The molecular weight excluding hydrogens is 237 g/mol. The highest BCUT2D eigenvalue weighted by atomic mass is 79.9. The van der Waals surface area contributed by atoms with Crippen molar-refractivity contribution in [2.24, 2.45) is 0 Å². The SMILES string of the molecule is Fc1cnn(-c2ccc(Br)cn2)c1. The zero-order valence-electron chi connectivity index (χ0n) is 6.48. The summed E-state index contributed by atoms with van der Waals surface area (Å²) in [5, 5.41) is 3.78. The lowest BCUT2D eigenvalue weighted by Crippen LogP contribution is -1.96. The van der Waals surface area contributed by atoms with E-state index in [2.05, 4.69) is 26.0 Å². The number of pyridine rings is 1. The summed E-state index contributed by atoms with van der Waals surface area (Å²) in [6.45, 7) is 0. The number of hydrogen-bond acceptors (Lipinski definition) is 2. The third kappa shape index (κ3) is 1.75. The third-order valence-corrected chi connectivity index (χ3v) is 1.97. The molecule has 0 aliphatic heterocycles. The highest BCUT2D eigenvalue weighted by Gasteiger charge is 2.00. The summed E-state index contributed by atoms with van der Waals surface area (Å²) in [5.41, 5.74) is 0. The number of rotatable bonds is 1. The summed E-state index contributed by atoms with van der Waals surface area (Å²) >= 11 is 3.26. The second-order valence-electron chi connectivity index (χ2n) is 2.44. The summed E-state index contributed by atoms with van der Waals surface area (Å²) in [4.78, 5) is 4.05. The lowest BCUT2D eigenvalue weighted by Gasteiger charge is -1.98. The Labute approximate surface area is 82.3 Å². The lowest BCUT2D eigenvalue weighted by molar-refractivity contribution is 0.627. The van der Waals surface area contributed by atoms with Crippen molar-refractivity contribution in [3.8, 4) is 5.82 Å². The Balaban J connectivity index is 2.41. The van der Waals surface area contributed by atoms with Gasteiger partial charge in [0.1, 0.15) is 0 Å². The summed E-state index contributed by atoms with van der Waals surface area (Å²) in [6.07, 6.45) is 4.05. The van der Waals surface area contributed by atoms with Crippen LogP contribution in [-0.4, -0.2) is 14.8 Å². The van der Waals surface area contributed by atoms with Crippen LogP contribution in [0.2, 0.25) is 0 Å². The molecule has 2 heterocycles. The Morgan fingerprint density at radius 2 is 2.15 bits per heavy atom. The summed E-state index contributed by atoms with van der Waals surface area (Å²) in [5.74, 6) is 0.219. The molecule has 0 N–H and O–H groups in total. The van der Waals surface area contributed by atoms with Crippen molar-refractivity contribution >= 4 is 15.9 Å². The zero-order valence-corrected chi connectivity index (χ0v) is 8.07. The fourth-order valence-electron chi connectivity index (χ4n) is 0.930. The van der Waals surface area contributed by atoms with Gasteiger partial charge in [-0.05, 0) is 28.1 Å². The minimum absolute atomic E-state index is 0.371. The largest absolute Gasteiger partial charge is 0.236 e. The van der Waals surface area contributed by atoms with Crippen molar-refractivity contribution in [1.29, 1.82) is 0 Å². The number of hydrogen-bond donors (Lipinski definition) is 0. The Morgan fingerprint density at radius 3 is 2.69 bits per heavy atom. The van der Waals surface area contributed by atoms with Gasteiger partial charge in [0, 0.05) is 10.7 Å². The van der Waals surface area contributed by atoms with Crippen LogP contribution >= 0.6 is 15.9 Å². The molecule has 2 aromatic rings. The van der Waals surface area contributed by atoms with Gasteiger partial charge in [0.2, 0.25) is 0 Å². The smallest absolute Gasteiger partial charge is 0.161 e. The Bertz CT molecular complexity index is 410. The van der Waals surface area contributed by atoms with Crippen LogP contribution < -0.4 is 0 Å². The molecule has 0 atom stereocenters. The molecule has 2 rings (SSSR count). The van der Waals surface area contributed by atoms with Gasteiger partial charge >= 0.3 is 0 Å². The van der Waals surface area contributed by atoms with E-state index in [-0.39, 0.29) is 5.82 Å². The molecular formula is C8H5BrFN3. The van der Waals surface area contributed by atoms with E-state index in [1.165, 1.54) is 10.9 Å². The van der Waals surface area contributed by atoms with E-state index in [0.717, 1.165) is 10.7 Å². The third-order valence-electron chi connectivity index (χ3n) is 1.50. The van der Waals surface area contributed by atoms with Crippen LogP contribution in [0.5, 0.6) is 0 Å². The predicted molar refractivity (Wildman–Crippen MR) is 49.0 cm³/mol. The molecule has 0 bridgehead atoms. The molecule has 13 heavy (non-hydrogen) atoms. The van der Waals surface area contributed by atoms with Gasteiger partial charge in [-0.15, -0.1) is 0 Å². The number of nitrogens with zero attached hydrogens (tertiary/aromatic N) is 3. The Hall–Kier alpha value is -1.23. The van der Waals surface area contributed by atoms with Gasteiger partial charge in [-0.3, -0.25) is 0 Å². The summed E-state index contributed by atoms with van der Waals surface area (Å²) < 4.78 is 14.8. The van der Waals surface area contributed by atoms with Crippen molar-refractivity contribution in [1.82, 2.24) is 14.8 Å². The second-order valence-corrected chi connectivity index (χ2v) is 3.35. The highest BCUT2D eigenvalue weighted by Crippen LogP contribution is 2.10. The molecule has 0 saturated heterocycles. The Morgan fingerprint density at radius 1 is 1.31 bits per heavy atom. The first-order chi connectivity index (χ1) is 6.25. The molecule has 2 aromatic heterocycles. The first kappa shape index (κ1) is 8.37. The van der Waals surface area contributed by atoms with E-state index >= 15 is 0 Å². The zero-order chi connectivity index (χ0) is 9.26. The highest BCUT2D eigenvalue weighted by molar-refractivity contribution is 9.10. The molecule has 0 aromatic carbocycles. The monoisotopic (exact) mass is 241 g/mol. The van der Waals surface area contributed by atoms with Crippen molar-refractivity contribution in [3.63, 3.8) is 0 Å². The van der Waals surface area contributed by atoms with E-state index in [4.69, 9.17) is 0 Å². The van der Waals surface area contributed by atoms with Crippen LogP contribution in [0.15, 0.2) is 35.2 Å². The van der Waals surface area contributed by atoms with Gasteiger partial charge in [0.05, 0.1) is 12.4 Å². The maximum Gasteiger partial charge on any atom is 0.161 e. The van der Waals surface area contributed by atoms with Crippen molar-refractivity contribution < 1.29 is 4.39 Å². The van der Waals surface area contributed by atoms with Crippen LogP contribution in [0.1, 0.15) is 0 Å². The predicted octanol–water partition coefficient (Wildman–Crippen LogP) is 2.17. The minimum atomic E-state index is -0.371. The normalized spacial score (nSPS) is 10.3. The van der Waals surface area contributed by atoms with Gasteiger partial charge in [-0.25, -0.2) is 14.1 Å². The molecule has 0 spiro atoms. The van der Waals surface area contributed by atoms with E-state index in [0.29, 0.717) is 5.82 Å². The lowest BCUT2D eigenvalue weighted by atomic mass is 10.5. The average Bonchev–Trinajstić information content (AvgIpc) is 2.53. The van der Waals surface area contributed by atoms with Crippen molar-refractivity contribution in [2.75, 3.05) is 0 Å². The molecule has 66 valence electrons. The fourth-order valence-corrected chi connectivity index (χ4v) is 1.16. The molecule has 0 amide bonds. The molecule has 0 aliphatic rings. The van der Waals surface area contributed by atoms with Gasteiger partial charge < -0.3 is 0 Å². The van der Waals surface area contributed by atoms with E-state index < -0.39 is 0 Å². The fraction of sp³-hybridized carbons (Fsp3) is 0. The average molecular weight is 242 g/mol. The van der Waals surface area contributed by atoms with Crippen LogP contribution in [0, 0.1) is 5.82 Å². The quantitative estimate of drug-likeness (QED) is 0.767. The maximum absolute atomic E-state index is 12.6. The first-order valence-corrected chi connectivity index (χ1v) is 4.37. The van der Waals surface area contributed by atoms with E-state index in [9.17, 15) is 4.39 Å². The van der Waals surface area contributed by atoms with E-state index in [1.807, 2.05) is 6.07 Å².